The molecule has 0 aliphatic carbocycles. The SMILES string of the molecule is Cc1cccc(N2CCN(C(=O)c3ccn(C)c3)CC2)c1C. The third kappa shape index (κ3) is 2.73. The van der Waals surface area contributed by atoms with Crippen molar-refractivity contribution in [2.45, 2.75) is 13.8 Å². The maximum atomic E-state index is 12.5. The van der Waals surface area contributed by atoms with E-state index >= 15 is 0 Å². The number of hydrogen-bond donors (Lipinski definition) is 0. The quantitative estimate of drug-likeness (QED) is 0.852. The minimum atomic E-state index is 0.140. The fourth-order valence-electron chi connectivity index (χ4n) is 3.04. The van der Waals surface area contributed by atoms with Crippen molar-refractivity contribution in [2.75, 3.05) is 31.1 Å². The summed E-state index contributed by atoms with van der Waals surface area (Å²) in [5.74, 6) is 0.140. The molecule has 1 fully saturated rings. The summed E-state index contributed by atoms with van der Waals surface area (Å²) in [6.45, 7) is 7.66. The third-order valence-corrected chi connectivity index (χ3v) is 4.56. The maximum Gasteiger partial charge on any atom is 0.255 e. The molecule has 1 aromatic heterocycles. The number of carbonyl (C=O) groups is 1. The number of anilines is 1. The van der Waals surface area contributed by atoms with Crippen LogP contribution in [0, 0.1) is 13.8 Å². The van der Waals surface area contributed by atoms with Crippen molar-refractivity contribution < 1.29 is 4.79 Å². The zero-order valence-electron chi connectivity index (χ0n) is 13.5. The predicted molar refractivity (Wildman–Crippen MR) is 89.4 cm³/mol. The monoisotopic (exact) mass is 297 g/mol. The Labute approximate surface area is 132 Å². The van der Waals surface area contributed by atoms with E-state index < -0.39 is 0 Å². The van der Waals surface area contributed by atoms with Gasteiger partial charge in [0.15, 0.2) is 0 Å². The first-order valence-corrected chi connectivity index (χ1v) is 7.78. The van der Waals surface area contributed by atoms with Crippen LogP contribution in [0.25, 0.3) is 0 Å². The van der Waals surface area contributed by atoms with Crippen LogP contribution in [0.5, 0.6) is 0 Å². The third-order valence-electron chi connectivity index (χ3n) is 4.56. The highest BCUT2D eigenvalue weighted by Gasteiger charge is 2.23. The van der Waals surface area contributed by atoms with E-state index in [0.717, 1.165) is 31.7 Å². The molecule has 0 atom stereocenters. The molecular formula is C18H23N3O. The largest absolute Gasteiger partial charge is 0.368 e. The Hall–Kier alpha value is -2.23. The van der Waals surface area contributed by atoms with Gasteiger partial charge >= 0.3 is 0 Å². The summed E-state index contributed by atoms with van der Waals surface area (Å²) < 4.78 is 1.92. The summed E-state index contributed by atoms with van der Waals surface area (Å²) in [6.07, 6.45) is 3.80. The number of aromatic nitrogens is 1. The standard InChI is InChI=1S/C18H23N3O/c1-14-5-4-6-17(15(14)2)20-9-11-21(12-10-20)18(22)16-7-8-19(3)13-16/h4-8,13H,9-12H2,1-3H3. The Balaban J connectivity index is 1.67. The lowest BCUT2D eigenvalue weighted by Gasteiger charge is -2.37. The van der Waals surface area contributed by atoms with Gasteiger partial charge in [-0.25, -0.2) is 0 Å². The molecule has 116 valence electrons. The Morgan fingerprint density at radius 3 is 2.41 bits per heavy atom. The minimum absolute atomic E-state index is 0.140. The van der Waals surface area contributed by atoms with Crippen molar-refractivity contribution in [1.82, 2.24) is 9.47 Å². The average molecular weight is 297 g/mol. The summed E-state index contributed by atoms with van der Waals surface area (Å²) in [7, 11) is 1.94. The molecular weight excluding hydrogens is 274 g/mol. The van der Waals surface area contributed by atoms with Gasteiger partial charge in [-0.15, -0.1) is 0 Å². The topological polar surface area (TPSA) is 28.5 Å². The van der Waals surface area contributed by atoms with E-state index in [1.807, 2.05) is 35.0 Å². The van der Waals surface area contributed by atoms with Crippen molar-refractivity contribution in [3.8, 4) is 0 Å². The lowest BCUT2D eigenvalue weighted by atomic mass is 10.1. The fraction of sp³-hybridized carbons (Fsp3) is 0.389. The first-order valence-electron chi connectivity index (χ1n) is 7.78. The first kappa shape index (κ1) is 14.7. The van der Waals surface area contributed by atoms with Crippen LogP contribution >= 0.6 is 0 Å². The minimum Gasteiger partial charge on any atom is -0.368 e. The molecule has 4 nitrogen and oxygen atoms in total. The van der Waals surface area contributed by atoms with Crippen LogP contribution in [0.15, 0.2) is 36.7 Å². The van der Waals surface area contributed by atoms with Gasteiger partial charge in [-0.05, 0) is 37.1 Å². The molecule has 1 amide bonds. The number of aryl methyl sites for hydroxylation is 2. The summed E-state index contributed by atoms with van der Waals surface area (Å²) in [5, 5.41) is 0. The van der Waals surface area contributed by atoms with Gasteiger partial charge in [0, 0.05) is 51.3 Å². The van der Waals surface area contributed by atoms with Gasteiger partial charge in [-0.2, -0.15) is 0 Å². The normalized spacial score (nSPS) is 15.2. The molecule has 1 aliphatic heterocycles. The van der Waals surface area contributed by atoms with E-state index in [9.17, 15) is 4.79 Å². The van der Waals surface area contributed by atoms with Crippen molar-refractivity contribution in [1.29, 1.82) is 0 Å². The molecule has 0 unspecified atom stereocenters. The number of benzene rings is 1. The molecule has 0 spiro atoms. The van der Waals surface area contributed by atoms with Gasteiger partial charge in [0.05, 0.1) is 5.56 Å². The van der Waals surface area contributed by atoms with Gasteiger partial charge in [0.1, 0.15) is 0 Å². The van der Waals surface area contributed by atoms with E-state index in [1.165, 1.54) is 16.8 Å². The molecule has 4 heteroatoms. The molecule has 1 saturated heterocycles. The molecule has 0 bridgehead atoms. The number of nitrogens with zero attached hydrogens (tertiary/aromatic N) is 3. The Bertz CT molecular complexity index is 681. The Morgan fingerprint density at radius 2 is 1.77 bits per heavy atom. The summed E-state index contributed by atoms with van der Waals surface area (Å²) in [6, 6.07) is 8.32. The zero-order valence-corrected chi connectivity index (χ0v) is 13.5. The van der Waals surface area contributed by atoms with Crippen LogP contribution < -0.4 is 4.90 Å². The van der Waals surface area contributed by atoms with Crippen molar-refractivity contribution in [3.63, 3.8) is 0 Å². The van der Waals surface area contributed by atoms with Crippen molar-refractivity contribution in [3.05, 3.63) is 53.3 Å². The average Bonchev–Trinajstić information content (AvgIpc) is 2.96. The van der Waals surface area contributed by atoms with Crippen LogP contribution in [0.4, 0.5) is 5.69 Å². The van der Waals surface area contributed by atoms with Crippen LogP contribution in [0.3, 0.4) is 0 Å². The molecule has 1 aromatic carbocycles. The maximum absolute atomic E-state index is 12.5. The van der Waals surface area contributed by atoms with E-state index in [-0.39, 0.29) is 5.91 Å². The zero-order chi connectivity index (χ0) is 15.7. The van der Waals surface area contributed by atoms with Gasteiger partial charge in [0.2, 0.25) is 0 Å². The fourth-order valence-corrected chi connectivity index (χ4v) is 3.04. The molecule has 0 saturated carbocycles. The van der Waals surface area contributed by atoms with E-state index in [2.05, 4.69) is 36.9 Å². The van der Waals surface area contributed by atoms with Crippen LogP contribution in [0.2, 0.25) is 0 Å². The van der Waals surface area contributed by atoms with Gasteiger partial charge in [-0.3, -0.25) is 4.79 Å². The van der Waals surface area contributed by atoms with E-state index in [4.69, 9.17) is 0 Å². The molecule has 22 heavy (non-hydrogen) atoms. The molecule has 3 rings (SSSR count). The second-order valence-corrected chi connectivity index (χ2v) is 6.06. The smallest absolute Gasteiger partial charge is 0.255 e. The summed E-state index contributed by atoms with van der Waals surface area (Å²) in [5.41, 5.74) is 4.74. The highest BCUT2D eigenvalue weighted by Crippen LogP contribution is 2.24. The highest BCUT2D eigenvalue weighted by atomic mass is 16.2. The molecule has 0 radical (unpaired) electrons. The van der Waals surface area contributed by atoms with Crippen molar-refractivity contribution >= 4 is 11.6 Å². The Morgan fingerprint density at radius 1 is 1.05 bits per heavy atom. The molecule has 2 aromatic rings. The number of amides is 1. The molecule has 0 N–H and O–H groups in total. The summed E-state index contributed by atoms with van der Waals surface area (Å²) in [4.78, 5) is 16.8. The number of hydrogen-bond acceptors (Lipinski definition) is 2. The highest BCUT2D eigenvalue weighted by molar-refractivity contribution is 5.94. The van der Waals surface area contributed by atoms with Gasteiger partial charge in [0.25, 0.3) is 5.91 Å². The lowest BCUT2D eigenvalue weighted by molar-refractivity contribution is 0.0747. The van der Waals surface area contributed by atoms with Crippen molar-refractivity contribution in [2.24, 2.45) is 7.05 Å². The number of piperazine rings is 1. The predicted octanol–water partition coefficient (Wildman–Crippen LogP) is 2.60. The second kappa shape index (κ2) is 5.87. The summed E-state index contributed by atoms with van der Waals surface area (Å²) >= 11 is 0. The van der Waals surface area contributed by atoms with Gasteiger partial charge < -0.3 is 14.4 Å². The second-order valence-electron chi connectivity index (χ2n) is 6.06. The van der Waals surface area contributed by atoms with Crippen LogP contribution in [-0.4, -0.2) is 41.6 Å². The number of rotatable bonds is 2. The first-order chi connectivity index (χ1) is 10.6. The van der Waals surface area contributed by atoms with Crippen LogP contribution in [0.1, 0.15) is 21.5 Å². The van der Waals surface area contributed by atoms with Gasteiger partial charge in [-0.1, -0.05) is 12.1 Å². The van der Waals surface area contributed by atoms with Crippen LogP contribution in [-0.2, 0) is 7.05 Å². The molecule has 1 aliphatic rings. The Kier molecular flexibility index (Phi) is 3.92. The van der Waals surface area contributed by atoms with E-state index in [1.54, 1.807) is 0 Å². The lowest BCUT2D eigenvalue weighted by Crippen LogP contribution is -2.49. The molecule has 2 heterocycles. The number of carbonyl (C=O) groups excluding carboxylic acids is 1. The van der Waals surface area contributed by atoms with E-state index in [0.29, 0.717) is 0 Å².